The van der Waals surface area contributed by atoms with E-state index in [1.165, 1.54) is 37.9 Å². The highest BCUT2D eigenvalue weighted by Gasteiger charge is 2.16. The van der Waals surface area contributed by atoms with E-state index in [4.69, 9.17) is 5.11 Å². The summed E-state index contributed by atoms with van der Waals surface area (Å²) in [6.45, 7) is 2.37. The van der Waals surface area contributed by atoms with Crippen molar-refractivity contribution in [2.24, 2.45) is 0 Å². The number of benzene rings is 1. The average molecular weight is 261 g/mol. The van der Waals surface area contributed by atoms with Gasteiger partial charge in [-0.05, 0) is 62.9 Å². The maximum atomic E-state index is 10.6. The van der Waals surface area contributed by atoms with Crippen LogP contribution in [-0.2, 0) is 11.2 Å². The van der Waals surface area contributed by atoms with Crippen LogP contribution in [0.25, 0.3) is 0 Å². The van der Waals surface area contributed by atoms with Gasteiger partial charge < -0.3 is 10.0 Å². The minimum atomic E-state index is -0.726. The van der Waals surface area contributed by atoms with E-state index in [9.17, 15) is 4.79 Å². The van der Waals surface area contributed by atoms with Crippen molar-refractivity contribution in [1.82, 2.24) is 4.90 Å². The molecule has 1 aliphatic heterocycles. The lowest BCUT2D eigenvalue weighted by molar-refractivity contribution is -0.136. The highest BCUT2D eigenvalue weighted by molar-refractivity contribution is 5.67. The van der Waals surface area contributed by atoms with Crippen LogP contribution in [0.15, 0.2) is 24.3 Å². The van der Waals surface area contributed by atoms with Crippen molar-refractivity contribution < 1.29 is 9.90 Å². The van der Waals surface area contributed by atoms with Gasteiger partial charge in [0.1, 0.15) is 0 Å². The van der Waals surface area contributed by atoms with Crippen LogP contribution in [0.1, 0.15) is 42.7 Å². The summed E-state index contributed by atoms with van der Waals surface area (Å²) in [5.74, 6) is -0.0608. The Morgan fingerprint density at radius 3 is 2.68 bits per heavy atom. The van der Waals surface area contributed by atoms with Crippen LogP contribution in [0, 0.1) is 0 Å². The van der Waals surface area contributed by atoms with Crippen molar-refractivity contribution in [3.63, 3.8) is 0 Å². The lowest BCUT2D eigenvalue weighted by atomic mass is 9.91. The van der Waals surface area contributed by atoms with Crippen LogP contribution in [0.2, 0.25) is 0 Å². The van der Waals surface area contributed by atoms with Crippen molar-refractivity contribution >= 4 is 5.97 Å². The molecular weight excluding hydrogens is 238 g/mol. The second-order valence-electron chi connectivity index (χ2n) is 5.57. The van der Waals surface area contributed by atoms with Gasteiger partial charge in [0.15, 0.2) is 0 Å². The molecule has 1 fully saturated rings. The third kappa shape index (κ3) is 4.35. The standard InChI is InChI=1S/C16H23NO2/c1-17-11-2-3-14(10-12-17)15-7-4-13(5-8-15)6-9-16(18)19/h4-5,7-8,14H,2-3,6,9-12H2,1H3,(H,18,19). The molecule has 1 heterocycles. The van der Waals surface area contributed by atoms with E-state index in [1.54, 1.807) is 0 Å². The minimum absolute atomic E-state index is 0.216. The van der Waals surface area contributed by atoms with E-state index in [2.05, 4.69) is 36.2 Å². The Labute approximate surface area is 115 Å². The maximum absolute atomic E-state index is 10.6. The van der Waals surface area contributed by atoms with Crippen LogP contribution < -0.4 is 0 Å². The maximum Gasteiger partial charge on any atom is 0.303 e. The number of aryl methyl sites for hydroxylation is 1. The summed E-state index contributed by atoms with van der Waals surface area (Å²) < 4.78 is 0. The third-order valence-electron chi connectivity index (χ3n) is 4.03. The Morgan fingerprint density at radius 2 is 2.00 bits per heavy atom. The second kappa shape index (κ2) is 6.71. The highest BCUT2D eigenvalue weighted by Crippen LogP contribution is 2.27. The predicted octanol–water partition coefficient (Wildman–Crippen LogP) is 2.90. The van der Waals surface area contributed by atoms with Crippen LogP contribution in [0.4, 0.5) is 0 Å². The fourth-order valence-corrected chi connectivity index (χ4v) is 2.78. The minimum Gasteiger partial charge on any atom is -0.481 e. The summed E-state index contributed by atoms with van der Waals surface area (Å²) in [4.78, 5) is 13.0. The Balaban J connectivity index is 1.95. The number of aliphatic carboxylic acids is 1. The molecule has 0 aliphatic carbocycles. The van der Waals surface area contributed by atoms with Gasteiger partial charge in [0.05, 0.1) is 0 Å². The first-order valence-electron chi connectivity index (χ1n) is 7.14. The zero-order valence-electron chi connectivity index (χ0n) is 11.6. The summed E-state index contributed by atoms with van der Waals surface area (Å²) in [5.41, 5.74) is 2.53. The van der Waals surface area contributed by atoms with E-state index in [1.807, 2.05) is 0 Å². The van der Waals surface area contributed by atoms with Crippen LogP contribution in [0.5, 0.6) is 0 Å². The molecule has 1 aromatic rings. The van der Waals surface area contributed by atoms with Crippen LogP contribution in [0.3, 0.4) is 0 Å². The van der Waals surface area contributed by atoms with Gasteiger partial charge in [-0.1, -0.05) is 24.3 Å². The molecule has 0 spiro atoms. The SMILES string of the molecule is CN1CCCC(c2ccc(CCC(=O)O)cc2)CC1. The molecule has 19 heavy (non-hydrogen) atoms. The van der Waals surface area contributed by atoms with E-state index < -0.39 is 5.97 Å². The fraction of sp³-hybridized carbons (Fsp3) is 0.562. The molecule has 1 N–H and O–H groups in total. The van der Waals surface area contributed by atoms with Crippen molar-refractivity contribution in [2.75, 3.05) is 20.1 Å². The molecule has 0 bridgehead atoms. The first-order chi connectivity index (χ1) is 9.15. The van der Waals surface area contributed by atoms with E-state index >= 15 is 0 Å². The number of carboxylic acid groups (broad SMARTS) is 1. The summed E-state index contributed by atoms with van der Waals surface area (Å²) >= 11 is 0. The Morgan fingerprint density at radius 1 is 1.26 bits per heavy atom. The quantitative estimate of drug-likeness (QED) is 0.906. The van der Waals surface area contributed by atoms with E-state index in [0.29, 0.717) is 12.3 Å². The van der Waals surface area contributed by atoms with Gasteiger partial charge in [0.2, 0.25) is 0 Å². The first-order valence-corrected chi connectivity index (χ1v) is 7.14. The van der Waals surface area contributed by atoms with Gasteiger partial charge in [-0.2, -0.15) is 0 Å². The number of hydrogen-bond donors (Lipinski definition) is 1. The normalized spacial score (nSPS) is 21.0. The molecule has 0 aromatic heterocycles. The molecule has 0 amide bonds. The topological polar surface area (TPSA) is 40.5 Å². The molecule has 1 saturated heterocycles. The first kappa shape index (κ1) is 14.1. The largest absolute Gasteiger partial charge is 0.481 e. The summed E-state index contributed by atoms with van der Waals surface area (Å²) in [7, 11) is 2.19. The Kier molecular flexibility index (Phi) is 4.97. The lowest BCUT2D eigenvalue weighted by Crippen LogP contribution is -2.18. The fourth-order valence-electron chi connectivity index (χ4n) is 2.78. The third-order valence-corrected chi connectivity index (χ3v) is 4.03. The van der Waals surface area contributed by atoms with Crippen LogP contribution >= 0.6 is 0 Å². The molecule has 3 heteroatoms. The molecule has 104 valence electrons. The van der Waals surface area contributed by atoms with Crippen molar-refractivity contribution in [3.05, 3.63) is 35.4 Å². The molecule has 1 unspecified atom stereocenters. The lowest BCUT2D eigenvalue weighted by Gasteiger charge is -2.15. The Hall–Kier alpha value is -1.35. The van der Waals surface area contributed by atoms with Gasteiger partial charge in [-0.15, -0.1) is 0 Å². The molecular formula is C16H23NO2. The van der Waals surface area contributed by atoms with Gasteiger partial charge in [0, 0.05) is 6.42 Å². The van der Waals surface area contributed by atoms with Gasteiger partial charge in [0.25, 0.3) is 0 Å². The molecule has 1 aliphatic rings. The zero-order chi connectivity index (χ0) is 13.7. The molecule has 2 rings (SSSR count). The number of carboxylic acids is 1. The zero-order valence-corrected chi connectivity index (χ0v) is 11.6. The molecule has 3 nitrogen and oxygen atoms in total. The average Bonchev–Trinajstić information content (AvgIpc) is 2.62. The van der Waals surface area contributed by atoms with Gasteiger partial charge >= 0.3 is 5.97 Å². The molecule has 1 atom stereocenters. The van der Waals surface area contributed by atoms with E-state index in [-0.39, 0.29) is 6.42 Å². The summed E-state index contributed by atoms with van der Waals surface area (Å²) in [6, 6.07) is 8.56. The molecule has 0 radical (unpaired) electrons. The van der Waals surface area contributed by atoms with Gasteiger partial charge in [-0.3, -0.25) is 4.79 Å². The monoisotopic (exact) mass is 261 g/mol. The summed E-state index contributed by atoms with van der Waals surface area (Å²) in [5, 5.41) is 8.68. The number of hydrogen-bond acceptors (Lipinski definition) is 2. The second-order valence-corrected chi connectivity index (χ2v) is 5.57. The summed E-state index contributed by atoms with van der Waals surface area (Å²) in [6.07, 6.45) is 4.60. The van der Waals surface area contributed by atoms with Gasteiger partial charge in [-0.25, -0.2) is 0 Å². The predicted molar refractivity (Wildman–Crippen MR) is 76.5 cm³/mol. The Bertz CT molecular complexity index is 413. The number of nitrogens with zero attached hydrogens (tertiary/aromatic N) is 1. The number of carbonyl (C=O) groups is 1. The number of rotatable bonds is 4. The van der Waals surface area contributed by atoms with Crippen molar-refractivity contribution in [1.29, 1.82) is 0 Å². The molecule has 1 aromatic carbocycles. The number of likely N-dealkylation sites (tertiary alicyclic amines) is 1. The van der Waals surface area contributed by atoms with Crippen molar-refractivity contribution in [3.8, 4) is 0 Å². The smallest absolute Gasteiger partial charge is 0.303 e. The van der Waals surface area contributed by atoms with Crippen LogP contribution in [-0.4, -0.2) is 36.1 Å². The highest BCUT2D eigenvalue weighted by atomic mass is 16.4. The molecule has 0 saturated carbocycles. The van der Waals surface area contributed by atoms with Crippen molar-refractivity contribution in [2.45, 2.75) is 38.0 Å². The van der Waals surface area contributed by atoms with E-state index in [0.717, 1.165) is 5.56 Å².